The molecule has 1 saturated carbocycles. The minimum Gasteiger partial charge on any atom is -0.302 e. The molecule has 0 unspecified atom stereocenters. The third-order valence-corrected chi connectivity index (χ3v) is 3.64. The van der Waals surface area contributed by atoms with E-state index >= 15 is 0 Å². The van der Waals surface area contributed by atoms with Crippen LogP contribution in [0, 0.1) is 31.6 Å². The maximum Gasteiger partial charge on any atom is 0.0416 e. The molecule has 19 heavy (non-hydrogen) atoms. The molecule has 0 amide bonds. The van der Waals surface area contributed by atoms with E-state index in [-0.39, 0.29) is 0 Å². The van der Waals surface area contributed by atoms with Crippen molar-refractivity contribution >= 4 is 10.8 Å². The van der Waals surface area contributed by atoms with Crippen molar-refractivity contribution in [1.29, 1.82) is 0 Å². The normalized spacial score (nSPS) is 18.3. The molecular weight excluding hydrogens is 230 g/mol. The third kappa shape index (κ3) is 2.40. The second kappa shape index (κ2) is 5.34. The van der Waals surface area contributed by atoms with E-state index in [0.717, 1.165) is 0 Å². The molecule has 0 aromatic heterocycles. The molecule has 1 fully saturated rings. The highest BCUT2D eigenvalue weighted by molar-refractivity contribution is 5.86. The molecule has 1 heteroatoms. The first kappa shape index (κ1) is 12.7. The Labute approximate surface area is 116 Å². The van der Waals surface area contributed by atoms with Gasteiger partial charge in [0.15, 0.2) is 0 Å². The highest BCUT2D eigenvalue weighted by atomic mass is 15.1. The zero-order valence-corrected chi connectivity index (χ0v) is 11.4. The van der Waals surface area contributed by atoms with Crippen LogP contribution in [0.5, 0.6) is 0 Å². The van der Waals surface area contributed by atoms with Crippen molar-refractivity contribution in [2.45, 2.75) is 6.04 Å². The molecule has 0 bridgehead atoms. The first-order chi connectivity index (χ1) is 9.27. The van der Waals surface area contributed by atoms with Gasteiger partial charge in [0.1, 0.15) is 0 Å². The van der Waals surface area contributed by atoms with E-state index in [1.807, 2.05) is 0 Å². The minimum absolute atomic E-state index is 0.307. The number of nitrogens with zero attached hydrogens (tertiary/aromatic N) is 1. The van der Waals surface area contributed by atoms with Crippen LogP contribution in [0.15, 0.2) is 42.5 Å². The molecule has 1 aliphatic rings. The molecule has 3 rings (SSSR count). The van der Waals surface area contributed by atoms with Gasteiger partial charge in [0.2, 0.25) is 0 Å². The summed E-state index contributed by atoms with van der Waals surface area (Å²) < 4.78 is 0. The van der Waals surface area contributed by atoms with Crippen molar-refractivity contribution in [1.82, 2.24) is 4.90 Å². The largest absolute Gasteiger partial charge is 0.302 e. The molecule has 1 atom stereocenters. The molecular formula is C18H18N. The molecule has 0 aliphatic heterocycles. The van der Waals surface area contributed by atoms with Gasteiger partial charge >= 0.3 is 0 Å². The third-order valence-electron chi connectivity index (χ3n) is 3.64. The summed E-state index contributed by atoms with van der Waals surface area (Å²) >= 11 is 0. The van der Waals surface area contributed by atoms with Crippen LogP contribution in [0.4, 0.5) is 0 Å². The van der Waals surface area contributed by atoms with Crippen molar-refractivity contribution in [2.24, 2.45) is 0 Å². The molecule has 0 spiro atoms. The van der Waals surface area contributed by atoms with Crippen LogP contribution in [0.1, 0.15) is 11.6 Å². The van der Waals surface area contributed by atoms with Crippen LogP contribution in [0.2, 0.25) is 0 Å². The predicted octanol–water partition coefficient (Wildman–Crippen LogP) is 3.85. The lowest BCUT2D eigenvalue weighted by Gasteiger charge is -2.30. The van der Waals surface area contributed by atoms with Gasteiger partial charge in [-0.3, -0.25) is 0 Å². The number of fused-ring (bicyclic) bond motifs is 1. The van der Waals surface area contributed by atoms with Gasteiger partial charge < -0.3 is 4.90 Å². The SMILES string of the molecule is CN(C)[C@@H]([C]1[CH][CH][CH][CH]1)c1cccc2ccccc12. The van der Waals surface area contributed by atoms with Crippen molar-refractivity contribution < 1.29 is 0 Å². The maximum absolute atomic E-state index is 2.27. The molecule has 5 radical (unpaired) electrons. The van der Waals surface area contributed by atoms with E-state index < -0.39 is 0 Å². The Morgan fingerprint density at radius 1 is 0.842 bits per heavy atom. The maximum atomic E-state index is 2.27. The summed E-state index contributed by atoms with van der Waals surface area (Å²) in [6.07, 6.45) is 8.62. The zero-order valence-electron chi connectivity index (χ0n) is 11.4. The van der Waals surface area contributed by atoms with E-state index in [0.29, 0.717) is 6.04 Å². The van der Waals surface area contributed by atoms with Crippen LogP contribution < -0.4 is 0 Å². The quantitative estimate of drug-likeness (QED) is 0.797. The lowest BCUT2D eigenvalue weighted by atomic mass is 9.88. The Bertz CT molecular complexity index is 547. The summed E-state index contributed by atoms with van der Waals surface area (Å²) in [4.78, 5) is 2.27. The number of hydrogen-bond donors (Lipinski definition) is 0. The molecule has 0 heterocycles. The van der Waals surface area contributed by atoms with E-state index in [4.69, 9.17) is 0 Å². The average molecular weight is 248 g/mol. The molecule has 1 aliphatic carbocycles. The summed E-state index contributed by atoms with van der Waals surface area (Å²) in [5, 5.41) is 2.64. The zero-order chi connectivity index (χ0) is 13.2. The van der Waals surface area contributed by atoms with Gasteiger partial charge in [-0.1, -0.05) is 42.5 Å². The van der Waals surface area contributed by atoms with Crippen molar-refractivity contribution in [3.63, 3.8) is 0 Å². The summed E-state index contributed by atoms with van der Waals surface area (Å²) in [7, 11) is 4.28. The standard InChI is InChI=1S/C18H18N/c1-19(2)18(15-9-3-4-10-15)17-13-7-11-14-8-5-6-12-16(14)17/h3-13,18H,1-2H3/t18-/m0/s1. The average Bonchev–Trinajstić information content (AvgIpc) is 2.93. The molecule has 0 saturated heterocycles. The van der Waals surface area contributed by atoms with Gasteiger partial charge in [-0.2, -0.15) is 0 Å². The Hall–Kier alpha value is -1.34. The lowest BCUT2D eigenvalue weighted by Crippen LogP contribution is -2.25. The van der Waals surface area contributed by atoms with E-state index in [2.05, 4.69) is 87.1 Å². The fourth-order valence-electron chi connectivity index (χ4n) is 2.82. The van der Waals surface area contributed by atoms with Crippen LogP contribution in [-0.4, -0.2) is 19.0 Å². The van der Waals surface area contributed by atoms with Crippen LogP contribution in [0.25, 0.3) is 10.8 Å². The molecule has 95 valence electrons. The van der Waals surface area contributed by atoms with E-state index in [9.17, 15) is 0 Å². The number of hydrogen-bond acceptors (Lipinski definition) is 1. The number of rotatable bonds is 3. The van der Waals surface area contributed by atoms with Crippen molar-refractivity contribution in [2.75, 3.05) is 14.1 Å². The monoisotopic (exact) mass is 248 g/mol. The lowest BCUT2D eigenvalue weighted by molar-refractivity contribution is 0.322. The number of benzene rings is 2. The fraction of sp³-hybridized carbons (Fsp3) is 0.167. The summed E-state index contributed by atoms with van der Waals surface area (Å²) in [6, 6.07) is 15.5. The van der Waals surface area contributed by atoms with Crippen molar-refractivity contribution in [3.05, 3.63) is 79.6 Å². The summed E-state index contributed by atoms with van der Waals surface area (Å²) in [5.74, 6) is 1.35. The van der Waals surface area contributed by atoms with E-state index in [1.54, 1.807) is 0 Å². The van der Waals surface area contributed by atoms with Gasteiger partial charge in [-0.05, 0) is 56.1 Å². The van der Waals surface area contributed by atoms with Gasteiger partial charge in [0.05, 0.1) is 0 Å². The Morgan fingerprint density at radius 3 is 2.26 bits per heavy atom. The Kier molecular flexibility index (Phi) is 3.56. The Morgan fingerprint density at radius 2 is 1.53 bits per heavy atom. The molecule has 2 aromatic carbocycles. The molecule has 2 aromatic rings. The predicted molar refractivity (Wildman–Crippen MR) is 80.8 cm³/mol. The summed E-state index contributed by atoms with van der Waals surface area (Å²) in [5.41, 5.74) is 1.37. The Balaban J connectivity index is 2.09. The fourth-order valence-corrected chi connectivity index (χ4v) is 2.82. The second-order valence-electron chi connectivity index (χ2n) is 5.15. The van der Waals surface area contributed by atoms with Crippen LogP contribution in [0.3, 0.4) is 0 Å². The highest BCUT2D eigenvalue weighted by Gasteiger charge is 2.30. The van der Waals surface area contributed by atoms with Gasteiger partial charge in [0, 0.05) is 12.0 Å². The highest BCUT2D eigenvalue weighted by Crippen LogP contribution is 2.40. The van der Waals surface area contributed by atoms with Crippen LogP contribution in [-0.2, 0) is 0 Å². The van der Waals surface area contributed by atoms with Crippen molar-refractivity contribution in [3.8, 4) is 0 Å². The topological polar surface area (TPSA) is 3.24 Å². The minimum atomic E-state index is 0.307. The van der Waals surface area contributed by atoms with Gasteiger partial charge in [-0.25, -0.2) is 0 Å². The van der Waals surface area contributed by atoms with Gasteiger partial charge in [0.25, 0.3) is 0 Å². The second-order valence-corrected chi connectivity index (χ2v) is 5.15. The van der Waals surface area contributed by atoms with Crippen LogP contribution >= 0.6 is 0 Å². The molecule has 0 N–H and O–H groups in total. The summed E-state index contributed by atoms with van der Waals surface area (Å²) in [6.45, 7) is 0. The first-order valence-corrected chi connectivity index (χ1v) is 6.63. The van der Waals surface area contributed by atoms with E-state index in [1.165, 1.54) is 22.3 Å². The first-order valence-electron chi connectivity index (χ1n) is 6.63. The smallest absolute Gasteiger partial charge is 0.0416 e. The van der Waals surface area contributed by atoms with Gasteiger partial charge in [-0.15, -0.1) is 0 Å². The molecule has 1 nitrogen and oxygen atoms in total.